The van der Waals surface area contributed by atoms with Gasteiger partial charge < -0.3 is 24.5 Å². The predicted octanol–water partition coefficient (Wildman–Crippen LogP) is 3.60. The summed E-state index contributed by atoms with van der Waals surface area (Å²) in [4.78, 5) is 30.7. The van der Waals surface area contributed by atoms with Crippen LogP contribution in [0.25, 0.3) is 33.5 Å². The summed E-state index contributed by atoms with van der Waals surface area (Å²) in [6, 6.07) is 15.7. The maximum absolute atomic E-state index is 13.1. The average molecular weight is 431 g/mol. The number of para-hydroxylation sites is 1. The summed E-state index contributed by atoms with van der Waals surface area (Å²) in [6.07, 6.45) is 0.456. The van der Waals surface area contributed by atoms with E-state index in [1.165, 1.54) is 0 Å². The SMILES string of the molecule is Cn1c(-c2nc3cc(C(=O)N4CCC[C@@H](NC(=O)O)C4)ccc3n2C)cc2ccccc21. The Morgan fingerprint density at radius 1 is 1.06 bits per heavy atom. The van der Waals surface area contributed by atoms with E-state index in [-0.39, 0.29) is 11.9 Å². The van der Waals surface area contributed by atoms with Gasteiger partial charge in [0.15, 0.2) is 5.82 Å². The van der Waals surface area contributed by atoms with E-state index in [1.54, 1.807) is 4.90 Å². The lowest BCUT2D eigenvalue weighted by Gasteiger charge is -2.32. The molecule has 2 aromatic heterocycles. The van der Waals surface area contributed by atoms with Crippen molar-refractivity contribution in [2.24, 2.45) is 14.1 Å². The average Bonchev–Trinajstić information content (AvgIpc) is 3.29. The lowest BCUT2D eigenvalue weighted by atomic mass is 10.0. The van der Waals surface area contributed by atoms with E-state index in [1.807, 2.05) is 49.0 Å². The molecule has 1 fully saturated rings. The number of benzene rings is 2. The fourth-order valence-corrected chi connectivity index (χ4v) is 4.70. The van der Waals surface area contributed by atoms with E-state index in [4.69, 9.17) is 10.1 Å². The Labute approximate surface area is 185 Å². The third-order valence-electron chi connectivity index (χ3n) is 6.34. The third kappa shape index (κ3) is 3.37. The van der Waals surface area contributed by atoms with Gasteiger partial charge in [-0.15, -0.1) is 0 Å². The second-order valence-corrected chi connectivity index (χ2v) is 8.39. The maximum atomic E-state index is 13.1. The molecule has 0 saturated carbocycles. The molecular weight excluding hydrogens is 406 g/mol. The highest BCUT2D eigenvalue weighted by atomic mass is 16.4. The molecule has 2 aromatic carbocycles. The monoisotopic (exact) mass is 431 g/mol. The minimum absolute atomic E-state index is 0.0967. The topological polar surface area (TPSA) is 92.4 Å². The van der Waals surface area contributed by atoms with Crippen LogP contribution in [-0.4, -0.2) is 55.3 Å². The van der Waals surface area contributed by atoms with Gasteiger partial charge in [-0.25, -0.2) is 9.78 Å². The highest BCUT2D eigenvalue weighted by Crippen LogP contribution is 2.29. The van der Waals surface area contributed by atoms with Gasteiger partial charge in [0.1, 0.15) is 0 Å². The predicted molar refractivity (Wildman–Crippen MR) is 123 cm³/mol. The fourth-order valence-electron chi connectivity index (χ4n) is 4.70. The first-order chi connectivity index (χ1) is 15.4. The molecule has 1 saturated heterocycles. The fraction of sp³-hybridized carbons (Fsp3) is 0.292. The van der Waals surface area contributed by atoms with Crippen molar-refractivity contribution in [1.82, 2.24) is 24.3 Å². The molecule has 0 spiro atoms. The molecule has 8 nitrogen and oxygen atoms in total. The van der Waals surface area contributed by atoms with Gasteiger partial charge in [0.2, 0.25) is 0 Å². The number of aryl methyl sites for hydroxylation is 2. The molecule has 1 aliphatic rings. The number of imidazole rings is 1. The molecule has 164 valence electrons. The summed E-state index contributed by atoms with van der Waals surface area (Å²) in [5.41, 5.74) is 4.42. The molecule has 8 heteroatoms. The molecule has 0 aliphatic carbocycles. The first kappa shape index (κ1) is 20.1. The summed E-state index contributed by atoms with van der Waals surface area (Å²) >= 11 is 0. The number of nitrogens with zero attached hydrogens (tertiary/aromatic N) is 4. The van der Waals surface area contributed by atoms with Crippen molar-refractivity contribution < 1.29 is 14.7 Å². The van der Waals surface area contributed by atoms with Crippen LogP contribution in [0.5, 0.6) is 0 Å². The zero-order chi connectivity index (χ0) is 22.4. The number of nitrogens with one attached hydrogen (secondary N) is 1. The quantitative estimate of drug-likeness (QED) is 0.518. The zero-order valence-electron chi connectivity index (χ0n) is 18.1. The summed E-state index contributed by atoms with van der Waals surface area (Å²) in [5, 5.41) is 12.6. The normalized spacial score (nSPS) is 16.6. The van der Waals surface area contributed by atoms with Crippen LogP contribution >= 0.6 is 0 Å². The summed E-state index contributed by atoms with van der Waals surface area (Å²) < 4.78 is 4.18. The Morgan fingerprint density at radius 2 is 1.88 bits per heavy atom. The van der Waals surface area contributed by atoms with Crippen LogP contribution in [-0.2, 0) is 14.1 Å². The number of carbonyl (C=O) groups is 2. The van der Waals surface area contributed by atoms with Gasteiger partial charge in [-0.3, -0.25) is 4.79 Å². The number of hydrogen-bond donors (Lipinski definition) is 2. The van der Waals surface area contributed by atoms with E-state index in [2.05, 4.69) is 28.1 Å². The molecule has 3 heterocycles. The van der Waals surface area contributed by atoms with Crippen LogP contribution in [0, 0.1) is 0 Å². The molecular formula is C24H25N5O3. The van der Waals surface area contributed by atoms with Crippen molar-refractivity contribution in [3.8, 4) is 11.5 Å². The van der Waals surface area contributed by atoms with E-state index in [9.17, 15) is 9.59 Å². The Bertz CT molecular complexity index is 1350. The number of carboxylic acid groups (broad SMARTS) is 1. The van der Waals surface area contributed by atoms with Crippen molar-refractivity contribution in [3.63, 3.8) is 0 Å². The number of fused-ring (bicyclic) bond motifs is 2. The standard InChI is InChI=1S/C24H25N5O3/c1-27-19-8-4-3-6-15(19)13-21(27)22-26-18-12-16(9-10-20(18)28(22)2)23(30)29-11-5-7-17(14-29)25-24(31)32/h3-4,6,8-10,12-13,17,25H,5,7,11,14H2,1-2H3,(H,31,32)/t17-/m1/s1. The van der Waals surface area contributed by atoms with Gasteiger partial charge >= 0.3 is 6.09 Å². The smallest absolute Gasteiger partial charge is 0.404 e. The number of aromatic nitrogens is 3. The molecule has 1 aliphatic heterocycles. The second kappa shape index (κ2) is 7.71. The van der Waals surface area contributed by atoms with Gasteiger partial charge in [0, 0.05) is 49.7 Å². The van der Waals surface area contributed by atoms with Gasteiger partial charge in [-0.1, -0.05) is 18.2 Å². The molecule has 4 aromatic rings. The minimum Gasteiger partial charge on any atom is -0.465 e. The lowest BCUT2D eigenvalue weighted by Crippen LogP contribution is -2.49. The first-order valence-corrected chi connectivity index (χ1v) is 10.7. The molecule has 0 unspecified atom stereocenters. The maximum Gasteiger partial charge on any atom is 0.404 e. The highest BCUT2D eigenvalue weighted by molar-refractivity contribution is 5.98. The van der Waals surface area contributed by atoms with Crippen LogP contribution in [0.4, 0.5) is 4.79 Å². The minimum atomic E-state index is -1.06. The van der Waals surface area contributed by atoms with Crippen molar-refractivity contribution in [1.29, 1.82) is 0 Å². The number of likely N-dealkylation sites (tertiary alicyclic amines) is 1. The number of amides is 2. The van der Waals surface area contributed by atoms with Crippen molar-refractivity contribution >= 4 is 33.9 Å². The van der Waals surface area contributed by atoms with Gasteiger partial charge in [0.05, 0.1) is 16.7 Å². The molecule has 0 radical (unpaired) electrons. The van der Waals surface area contributed by atoms with Gasteiger partial charge in [0.25, 0.3) is 5.91 Å². The summed E-state index contributed by atoms with van der Waals surface area (Å²) in [6.45, 7) is 1.00. The largest absolute Gasteiger partial charge is 0.465 e. The number of hydrogen-bond acceptors (Lipinski definition) is 3. The Hall–Kier alpha value is -3.81. The molecule has 2 amide bonds. The molecule has 0 bridgehead atoms. The van der Waals surface area contributed by atoms with Crippen LogP contribution in [0.1, 0.15) is 23.2 Å². The molecule has 1 atom stereocenters. The highest BCUT2D eigenvalue weighted by Gasteiger charge is 2.26. The molecule has 2 N–H and O–H groups in total. The summed E-state index contributed by atoms with van der Waals surface area (Å²) in [7, 11) is 4.01. The Balaban J connectivity index is 1.48. The zero-order valence-corrected chi connectivity index (χ0v) is 18.1. The van der Waals surface area contributed by atoms with Crippen molar-refractivity contribution in [3.05, 3.63) is 54.1 Å². The van der Waals surface area contributed by atoms with Crippen LogP contribution in [0.2, 0.25) is 0 Å². The summed E-state index contributed by atoms with van der Waals surface area (Å²) in [5.74, 6) is 0.743. The van der Waals surface area contributed by atoms with Crippen LogP contribution < -0.4 is 5.32 Å². The Morgan fingerprint density at radius 3 is 2.66 bits per heavy atom. The van der Waals surface area contributed by atoms with E-state index in [0.717, 1.165) is 46.3 Å². The lowest BCUT2D eigenvalue weighted by molar-refractivity contribution is 0.0692. The first-order valence-electron chi connectivity index (χ1n) is 10.7. The van der Waals surface area contributed by atoms with Crippen LogP contribution in [0.3, 0.4) is 0 Å². The van der Waals surface area contributed by atoms with E-state index >= 15 is 0 Å². The molecule has 5 rings (SSSR count). The number of rotatable bonds is 3. The van der Waals surface area contributed by atoms with Crippen molar-refractivity contribution in [2.75, 3.05) is 13.1 Å². The van der Waals surface area contributed by atoms with E-state index < -0.39 is 6.09 Å². The Kier molecular flexibility index (Phi) is 4.84. The van der Waals surface area contributed by atoms with Gasteiger partial charge in [-0.05, 0) is 43.2 Å². The van der Waals surface area contributed by atoms with Crippen molar-refractivity contribution in [2.45, 2.75) is 18.9 Å². The number of carbonyl (C=O) groups excluding carboxylic acids is 1. The number of piperidine rings is 1. The third-order valence-corrected chi connectivity index (χ3v) is 6.34. The van der Waals surface area contributed by atoms with E-state index in [0.29, 0.717) is 18.7 Å². The van der Waals surface area contributed by atoms with Crippen LogP contribution in [0.15, 0.2) is 48.5 Å². The van der Waals surface area contributed by atoms with Gasteiger partial charge in [-0.2, -0.15) is 0 Å². The molecule has 32 heavy (non-hydrogen) atoms. The second-order valence-electron chi connectivity index (χ2n) is 8.39.